The van der Waals surface area contributed by atoms with Crippen LogP contribution < -0.4 is 4.57 Å². The molecule has 0 aliphatic carbocycles. The molecule has 0 unspecified atom stereocenters. The zero-order valence-electron chi connectivity index (χ0n) is 10.5. The number of nitrogens with one attached hydrogen (secondary N) is 1. The Morgan fingerprint density at radius 3 is 2.41 bits per heavy atom. The lowest BCUT2D eigenvalue weighted by Crippen LogP contribution is -2.30. The SMILES string of the molecule is CCCCc1[nH]cc[n+]1C.CCOS(=O)(=O)[O-]. The zero-order valence-corrected chi connectivity index (χ0v) is 11.3. The Kier molecular flexibility index (Phi) is 7.77. The van der Waals surface area contributed by atoms with Crippen LogP contribution in [0.15, 0.2) is 12.4 Å². The largest absolute Gasteiger partial charge is 0.726 e. The van der Waals surface area contributed by atoms with Crippen LogP contribution in [0.3, 0.4) is 0 Å². The first-order valence-corrected chi connectivity index (χ1v) is 6.86. The van der Waals surface area contributed by atoms with Gasteiger partial charge in [0.15, 0.2) is 0 Å². The van der Waals surface area contributed by atoms with Crippen LogP contribution in [0.4, 0.5) is 0 Å². The summed E-state index contributed by atoms with van der Waals surface area (Å²) in [4.78, 5) is 3.20. The third-order valence-electron chi connectivity index (χ3n) is 2.00. The van der Waals surface area contributed by atoms with Gasteiger partial charge in [0.25, 0.3) is 5.82 Å². The molecule has 1 rings (SSSR count). The number of hydrogen-bond donors (Lipinski definition) is 1. The second-order valence-corrected chi connectivity index (χ2v) is 4.49. The summed E-state index contributed by atoms with van der Waals surface area (Å²) < 4.78 is 34.1. The van der Waals surface area contributed by atoms with Crippen LogP contribution in [0.2, 0.25) is 0 Å². The molecule has 1 aromatic rings. The smallest absolute Gasteiger partial charge is 0.253 e. The van der Waals surface area contributed by atoms with Crippen LogP contribution in [0.25, 0.3) is 0 Å². The molecular weight excluding hydrogens is 244 g/mol. The lowest BCUT2D eigenvalue weighted by Gasteiger charge is -2.02. The summed E-state index contributed by atoms with van der Waals surface area (Å²) in [6.45, 7) is 3.55. The normalized spacial score (nSPS) is 10.8. The van der Waals surface area contributed by atoms with Gasteiger partial charge >= 0.3 is 0 Å². The summed E-state index contributed by atoms with van der Waals surface area (Å²) in [5.41, 5.74) is 0. The molecule has 0 spiro atoms. The van der Waals surface area contributed by atoms with Crippen LogP contribution in [0, 0.1) is 0 Å². The van der Waals surface area contributed by atoms with E-state index in [9.17, 15) is 13.0 Å². The molecular formula is C10H20N2O4S. The highest BCUT2D eigenvalue weighted by Crippen LogP contribution is 1.94. The van der Waals surface area contributed by atoms with E-state index in [0.717, 1.165) is 0 Å². The molecule has 1 heterocycles. The summed E-state index contributed by atoms with van der Waals surface area (Å²) in [5, 5.41) is 0. The maximum atomic E-state index is 9.45. The second kappa shape index (κ2) is 8.21. The van der Waals surface area contributed by atoms with Crippen molar-refractivity contribution in [2.24, 2.45) is 7.05 Å². The lowest BCUT2D eigenvalue weighted by atomic mass is 10.2. The molecule has 0 aliphatic heterocycles. The fourth-order valence-corrected chi connectivity index (χ4v) is 1.46. The van der Waals surface area contributed by atoms with Gasteiger partial charge in [0.05, 0.1) is 13.7 Å². The third kappa shape index (κ3) is 8.84. The van der Waals surface area contributed by atoms with E-state index < -0.39 is 10.4 Å². The van der Waals surface area contributed by atoms with Crippen molar-refractivity contribution >= 4 is 10.4 Å². The van der Waals surface area contributed by atoms with Gasteiger partial charge in [0, 0.05) is 6.42 Å². The lowest BCUT2D eigenvalue weighted by molar-refractivity contribution is -0.677. The molecule has 0 fully saturated rings. The topological polar surface area (TPSA) is 86.1 Å². The Hall–Kier alpha value is -0.920. The van der Waals surface area contributed by atoms with Gasteiger partial charge in [0.1, 0.15) is 12.4 Å². The van der Waals surface area contributed by atoms with Gasteiger partial charge in [-0.1, -0.05) is 13.3 Å². The highest BCUT2D eigenvalue weighted by atomic mass is 32.3. The molecule has 1 N–H and O–H groups in total. The van der Waals surface area contributed by atoms with Crippen molar-refractivity contribution in [3.63, 3.8) is 0 Å². The van der Waals surface area contributed by atoms with Gasteiger partial charge < -0.3 is 4.55 Å². The Balaban J connectivity index is 0.000000325. The van der Waals surface area contributed by atoms with Crippen molar-refractivity contribution in [2.75, 3.05) is 6.61 Å². The Labute approximate surface area is 103 Å². The highest BCUT2D eigenvalue weighted by molar-refractivity contribution is 7.80. The predicted octanol–water partition coefficient (Wildman–Crippen LogP) is 0.665. The van der Waals surface area contributed by atoms with E-state index in [0.29, 0.717) is 0 Å². The molecule has 0 atom stereocenters. The van der Waals surface area contributed by atoms with E-state index >= 15 is 0 Å². The van der Waals surface area contributed by atoms with E-state index in [2.05, 4.69) is 27.7 Å². The average molecular weight is 264 g/mol. The first-order valence-electron chi connectivity index (χ1n) is 5.52. The monoisotopic (exact) mass is 264 g/mol. The summed E-state index contributed by atoms with van der Waals surface area (Å²) in [6.07, 6.45) is 7.73. The number of aromatic nitrogens is 2. The number of unbranched alkanes of at least 4 members (excludes halogenated alkanes) is 1. The van der Waals surface area contributed by atoms with E-state index in [1.54, 1.807) is 0 Å². The number of aromatic amines is 1. The van der Waals surface area contributed by atoms with Crippen molar-refractivity contribution in [1.29, 1.82) is 0 Å². The number of nitrogens with zero attached hydrogens (tertiary/aromatic N) is 1. The molecule has 0 bridgehead atoms. The summed E-state index contributed by atoms with van der Waals surface area (Å²) in [6, 6.07) is 0. The minimum Gasteiger partial charge on any atom is -0.726 e. The molecule has 0 aliphatic rings. The Morgan fingerprint density at radius 1 is 1.47 bits per heavy atom. The molecule has 6 nitrogen and oxygen atoms in total. The van der Waals surface area contributed by atoms with Gasteiger partial charge in [-0.05, 0) is 13.3 Å². The molecule has 1 aromatic heterocycles. The molecule has 0 aromatic carbocycles. The number of H-pyrrole nitrogens is 1. The Morgan fingerprint density at radius 2 is 2.12 bits per heavy atom. The molecule has 0 amide bonds. The number of hydrogen-bond acceptors (Lipinski definition) is 4. The highest BCUT2D eigenvalue weighted by Gasteiger charge is 2.03. The predicted molar refractivity (Wildman–Crippen MR) is 61.9 cm³/mol. The standard InChI is InChI=1S/C8H14N2.C2H6O4S/c1-3-4-5-8-9-6-7-10(8)2;1-2-6-7(3,4)5/h6-7H,3-5H2,1-2H3;2H2,1H3,(H,3,4,5). The van der Waals surface area contributed by atoms with E-state index in [1.165, 1.54) is 32.0 Å². The minimum atomic E-state index is -4.42. The van der Waals surface area contributed by atoms with Crippen LogP contribution >= 0.6 is 0 Å². The molecule has 0 saturated carbocycles. The van der Waals surface area contributed by atoms with Gasteiger partial charge in [-0.2, -0.15) is 0 Å². The van der Waals surface area contributed by atoms with Crippen LogP contribution in [-0.4, -0.2) is 24.6 Å². The van der Waals surface area contributed by atoms with Crippen molar-refractivity contribution in [1.82, 2.24) is 4.98 Å². The number of aryl methyl sites for hydroxylation is 2. The summed E-state index contributed by atoms with van der Waals surface area (Å²) in [5.74, 6) is 1.32. The fourth-order valence-electron chi connectivity index (χ4n) is 1.17. The molecule has 0 saturated heterocycles. The summed E-state index contributed by atoms with van der Waals surface area (Å²) in [7, 11) is -2.35. The fraction of sp³-hybridized carbons (Fsp3) is 0.700. The molecule has 17 heavy (non-hydrogen) atoms. The average Bonchev–Trinajstić information content (AvgIpc) is 2.60. The first kappa shape index (κ1) is 16.1. The first-order chi connectivity index (χ1) is 7.90. The van der Waals surface area contributed by atoms with Gasteiger partial charge in [-0.3, -0.25) is 4.18 Å². The number of rotatable bonds is 5. The maximum absolute atomic E-state index is 9.45. The van der Waals surface area contributed by atoms with Gasteiger partial charge in [0.2, 0.25) is 10.4 Å². The van der Waals surface area contributed by atoms with Crippen molar-refractivity contribution < 1.29 is 21.7 Å². The van der Waals surface area contributed by atoms with Crippen LogP contribution in [-0.2, 0) is 28.1 Å². The van der Waals surface area contributed by atoms with Crippen molar-refractivity contribution in [2.45, 2.75) is 33.1 Å². The molecule has 0 radical (unpaired) electrons. The van der Waals surface area contributed by atoms with E-state index in [-0.39, 0.29) is 6.61 Å². The Bertz CT molecular complexity index is 400. The van der Waals surface area contributed by atoms with Gasteiger partial charge in [-0.15, -0.1) is 0 Å². The maximum Gasteiger partial charge on any atom is 0.253 e. The van der Waals surface area contributed by atoms with E-state index in [1.807, 2.05) is 12.4 Å². The summed E-state index contributed by atoms with van der Waals surface area (Å²) >= 11 is 0. The second-order valence-electron chi connectivity index (χ2n) is 3.44. The van der Waals surface area contributed by atoms with E-state index in [4.69, 9.17) is 0 Å². The van der Waals surface area contributed by atoms with Gasteiger partial charge in [-0.25, -0.2) is 18.0 Å². The zero-order chi connectivity index (χ0) is 13.3. The molecule has 100 valence electrons. The molecule has 7 heteroatoms. The van der Waals surface area contributed by atoms with Crippen LogP contribution in [0.1, 0.15) is 32.5 Å². The van der Waals surface area contributed by atoms with Crippen molar-refractivity contribution in [3.05, 3.63) is 18.2 Å². The minimum absolute atomic E-state index is 0.0914. The quantitative estimate of drug-likeness (QED) is 0.481. The van der Waals surface area contributed by atoms with Crippen LogP contribution in [0.5, 0.6) is 0 Å². The number of imidazole rings is 1. The van der Waals surface area contributed by atoms with Crippen molar-refractivity contribution in [3.8, 4) is 0 Å². The third-order valence-corrected chi connectivity index (χ3v) is 2.53.